The molecule has 0 aliphatic carbocycles. The zero-order valence-corrected chi connectivity index (χ0v) is 21.9. The van der Waals surface area contributed by atoms with Gasteiger partial charge in [-0.1, -0.05) is 24.3 Å². The molecule has 1 aromatic rings. The van der Waals surface area contributed by atoms with Crippen molar-refractivity contribution in [2.24, 2.45) is 18.3 Å². The standard InChI is InChI=1S/C16H35N4P5/c1-22(2,3)18-25(19-23(4,5)6,20-24(7,8)9)17-14-15-10-12-16(21)13-11-15/h10-13H,14,21H2,1-9H3. The minimum atomic E-state index is -2.40. The molecule has 0 aliphatic heterocycles. The van der Waals surface area contributed by atoms with Gasteiger partial charge in [-0.05, 0) is 92.0 Å². The van der Waals surface area contributed by atoms with Gasteiger partial charge in [0.1, 0.15) is 0 Å². The summed E-state index contributed by atoms with van der Waals surface area (Å²) in [6.07, 6.45) is 0. The fourth-order valence-electron chi connectivity index (χ4n) is 2.02. The second-order valence-corrected chi connectivity index (χ2v) is 24.5. The third kappa shape index (κ3) is 10.5. The van der Waals surface area contributed by atoms with E-state index >= 15 is 0 Å². The second-order valence-electron chi connectivity index (χ2n) is 8.67. The fourth-order valence-corrected chi connectivity index (χ4v) is 13.3. The van der Waals surface area contributed by atoms with Crippen LogP contribution in [0, 0.1) is 0 Å². The molecule has 0 aromatic heterocycles. The Morgan fingerprint density at radius 1 is 0.680 bits per heavy atom. The minimum absolute atomic E-state index is 0.634. The predicted molar refractivity (Wildman–Crippen MR) is 130 cm³/mol. The van der Waals surface area contributed by atoms with Gasteiger partial charge in [-0.15, -0.1) is 9.24 Å². The number of hydrogen-bond acceptors (Lipinski definition) is 1. The smallest absolute Gasteiger partial charge is 0.238 e. The van der Waals surface area contributed by atoms with Crippen molar-refractivity contribution < 1.29 is 0 Å². The lowest BCUT2D eigenvalue weighted by Crippen LogP contribution is -1.90. The van der Waals surface area contributed by atoms with Crippen LogP contribution in [0.25, 0.3) is 0 Å². The maximum Gasteiger partial charge on any atom is 0.296 e. The lowest BCUT2D eigenvalue weighted by molar-refractivity contribution is 1.08. The molecule has 0 heterocycles. The molecule has 0 radical (unpaired) electrons. The number of nitrogens with zero attached hydrogens (tertiary/aromatic N) is 4. The second kappa shape index (κ2) is 8.72. The van der Waals surface area contributed by atoms with Crippen molar-refractivity contribution in [3.63, 3.8) is 0 Å². The zero-order valence-electron chi connectivity index (χ0n) is 17.2. The lowest BCUT2D eigenvalue weighted by atomic mass is 10.2. The Labute approximate surface area is 158 Å². The van der Waals surface area contributed by atoms with Crippen molar-refractivity contribution in [1.82, 2.24) is 0 Å². The van der Waals surface area contributed by atoms with Crippen molar-refractivity contribution in [2.45, 2.75) is 6.54 Å². The maximum absolute atomic E-state index is 5.22. The van der Waals surface area contributed by atoms with Gasteiger partial charge in [0, 0.05) is 0 Å². The van der Waals surface area contributed by atoms with Gasteiger partial charge in [-0.3, -0.25) is 0 Å². The van der Waals surface area contributed by atoms with Crippen molar-refractivity contribution in [1.29, 1.82) is 0 Å². The Kier molecular flexibility index (Phi) is 8.23. The molecule has 1 aromatic carbocycles. The van der Waals surface area contributed by atoms with Crippen molar-refractivity contribution in [3.8, 4) is 0 Å². The van der Waals surface area contributed by atoms with Crippen LogP contribution in [0.3, 0.4) is 0 Å². The summed E-state index contributed by atoms with van der Waals surface area (Å²) in [5.41, 5.74) is 1.20. The first-order chi connectivity index (χ1) is 11.1. The molecule has 144 valence electrons. The summed E-state index contributed by atoms with van der Waals surface area (Å²) in [6, 6.07) is 8.47. The van der Waals surface area contributed by atoms with E-state index in [0.29, 0.717) is 6.54 Å². The summed E-state index contributed by atoms with van der Waals surface area (Å²) in [7, 11) is -3.91. The molecule has 1 atom stereocenters. The van der Waals surface area contributed by atoms with Crippen molar-refractivity contribution in [3.05, 3.63) is 29.8 Å². The van der Waals surface area contributed by atoms with Gasteiger partial charge in [-0.2, -0.15) is 0 Å². The molecule has 0 spiro atoms. The summed E-state index contributed by atoms with van der Waals surface area (Å²) in [6.45, 7) is 20.7. The van der Waals surface area contributed by atoms with Gasteiger partial charge in [0.2, 0.25) is 0 Å². The zero-order chi connectivity index (χ0) is 19.5. The quantitative estimate of drug-likeness (QED) is 0.449. The van der Waals surface area contributed by atoms with E-state index in [9.17, 15) is 0 Å². The molecule has 0 saturated carbocycles. The van der Waals surface area contributed by atoms with E-state index in [1.54, 1.807) is 0 Å². The Bertz CT molecular complexity index is 722. The maximum atomic E-state index is 5.22. The fraction of sp³-hybridized carbons (Fsp3) is 0.625. The molecule has 1 rings (SSSR count). The molecular formula is C16H35N4P5. The van der Waals surface area contributed by atoms with Crippen LogP contribution in [0.1, 0.15) is 5.56 Å². The van der Waals surface area contributed by atoms with Crippen LogP contribution in [0.15, 0.2) is 42.6 Å². The molecule has 0 bridgehead atoms. The van der Waals surface area contributed by atoms with Crippen LogP contribution in [-0.2, 0) is 6.54 Å². The predicted octanol–water partition coefficient (Wildman–Crippen LogP) is 6.91. The molecule has 0 fully saturated rings. The molecule has 0 amide bonds. The van der Waals surface area contributed by atoms with Gasteiger partial charge in [-0.25, -0.2) is 18.3 Å². The van der Waals surface area contributed by atoms with E-state index in [2.05, 4.69) is 93.5 Å². The molecule has 0 aliphatic rings. The normalized spacial score (nSPS) is 13.4. The number of hydrogen-bond donors (Lipinski definition) is 0. The summed E-state index contributed by atoms with van der Waals surface area (Å²) < 4.78 is 20.8. The molecule has 1 unspecified atom stereocenters. The highest BCUT2D eigenvalue weighted by Crippen LogP contribution is 2.70. The van der Waals surface area contributed by atoms with E-state index in [-0.39, 0.29) is 0 Å². The van der Waals surface area contributed by atoms with Crippen LogP contribution in [0.5, 0.6) is 0 Å². The van der Waals surface area contributed by atoms with Crippen LogP contribution >= 0.6 is 37.9 Å². The average Bonchev–Trinajstić information content (AvgIpc) is 2.31. The first-order valence-electron chi connectivity index (χ1n) is 8.20. The SMILES string of the molecule is CP(C)(C)=NP(N=P(C)(C)C)(N=P(C)(C)C)=NCc1ccc(P)cc1. The third-order valence-corrected chi connectivity index (χ3v) is 12.8. The molecular weight excluding hydrogens is 403 g/mol. The first-order valence-corrected chi connectivity index (χ1v) is 19.6. The van der Waals surface area contributed by atoms with E-state index in [1.807, 2.05) is 0 Å². The van der Waals surface area contributed by atoms with Gasteiger partial charge in [0.25, 0.3) is 7.51 Å². The summed E-state index contributed by atoms with van der Waals surface area (Å²) in [5.74, 6) is 0. The number of rotatable bonds is 5. The van der Waals surface area contributed by atoms with Crippen LogP contribution in [0.2, 0.25) is 0 Å². The summed E-state index contributed by atoms with van der Waals surface area (Å²) in [5, 5.41) is 1.19. The third-order valence-electron chi connectivity index (χ3n) is 2.59. The average molecular weight is 438 g/mol. The Balaban J connectivity index is 3.69. The molecule has 0 saturated heterocycles. The van der Waals surface area contributed by atoms with Crippen LogP contribution in [-0.4, -0.2) is 60.0 Å². The molecule has 25 heavy (non-hydrogen) atoms. The largest absolute Gasteiger partial charge is 0.296 e. The van der Waals surface area contributed by atoms with E-state index in [1.165, 1.54) is 10.9 Å². The highest BCUT2D eigenvalue weighted by molar-refractivity contribution is 7.82. The van der Waals surface area contributed by atoms with Crippen molar-refractivity contribution in [2.75, 3.05) is 60.0 Å². The van der Waals surface area contributed by atoms with E-state index in [0.717, 1.165) is 0 Å². The monoisotopic (exact) mass is 438 g/mol. The van der Waals surface area contributed by atoms with Gasteiger partial charge in [0.15, 0.2) is 0 Å². The minimum Gasteiger partial charge on any atom is -0.238 e. The Morgan fingerprint density at radius 3 is 1.36 bits per heavy atom. The number of benzene rings is 1. The van der Waals surface area contributed by atoms with Crippen LogP contribution < -0.4 is 5.30 Å². The highest BCUT2D eigenvalue weighted by Gasteiger charge is 2.21. The topological polar surface area (TPSA) is 49.4 Å². The summed E-state index contributed by atoms with van der Waals surface area (Å²) >= 11 is 0. The van der Waals surface area contributed by atoms with Gasteiger partial charge < -0.3 is 0 Å². The van der Waals surface area contributed by atoms with Crippen LogP contribution in [0.4, 0.5) is 0 Å². The van der Waals surface area contributed by atoms with Gasteiger partial charge >= 0.3 is 0 Å². The lowest BCUT2D eigenvalue weighted by Gasteiger charge is -2.22. The molecule has 9 heteroatoms. The molecule has 0 N–H and O–H groups in total. The Morgan fingerprint density at radius 2 is 1.04 bits per heavy atom. The highest BCUT2D eigenvalue weighted by atomic mass is 31.2. The Hall–Kier alpha value is 0.570. The summed E-state index contributed by atoms with van der Waals surface area (Å²) in [4.78, 5) is 0. The first kappa shape index (κ1) is 23.6. The van der Waals surface area contributed by atoms with Crippen molar-refractivity contribution >= 4 is 43.2 Å². The molecule has 4 nitrogen and oxygen atoms in total. The van der Waals surface area contributed by atoms with E-state index < -0.39 is 28.7 Å². The van der Waals surface area contributed by atoms with Gasteiger partial charge in [0.05, 0.1) is 6.54 Å². The van der Waals surface area contributed by atoms with E-state index in [4.69, 9.17) is 18.3 Å².